The summed E-state index contributed by atoms with van der Waals surface area (Å²) in [6.07, 6.45) is 0. The van der Waals surface area contributed by atoms with Crippen molar-refractivity contribution in [2.24, 2.45) is 0 Å². The van der Waals surface area contributed by atoms with E-state index in [1.165, 1.54) is 13.2 Å². The van der Waals surface area contributed by atoms with Crippen LogP contribution in [0.3, 0.4) is 0 Å². The normalized spacial score (nSPS) is 11.6. The first-order valence-corrected chi connectivity index (χ1v) is 6.73. The second-order valence-corrected chi connectivity index (χ2v) is 4.94. The van der Waals surface area contributed by atoms with Gasteiger partial charge in [-0.1, -0.05) is 17.7 Å². The summed E-state index contributed by atoms with van der Waals surface area (Å²) in [6, 6.07) is 11.3. The number of rotatable bonds is 4. The molecule has 0 heterocycles. The summed E-state index contributed by atoms with van der Waals surface area (Å²) >= 11 is 6.11. The molecule has 1 unspecified atom stereocenters. The van der Waals surface area contributed by atoms with Crippen LogP contribution in [0.4, 0.5) is 10.1 Å². The van der Waals surface area contributed by atoms with E-state index in [0.29, 0.717) is 27.6 Å². The molecule has 0 saturated carbocycles. The maximum Gasteiger partial charge on any atom is 0.132 e. The van der Waals surface area contributed by atoms with Crippen LogP contribution in [-0.2, 0) is 0 Å². The lowest BCUT2D eigenvalue weighted by Crippen LogP contribution is -2.10. The summed E-state index contributed by atoms with van der Waals surface area (Å²) in [6.45, 7) is 1.81. The first-order valence-electron chi connectivity index (χ1n) is 6.35. The van der Waals surface area contributed by atoms with Gasteiger partial charge in [-0.3, -0.25) is 0 Å². The summed E-state index contributed by atoms with van der Waals surface area (Å²) < 4.78 is 19.2. The van der Waals surface area contributed by atoms with Crippen molar-refractivity contribution in [3.63, 3.8) is 0 Å². The number of hydrogen-bond donors (Lipinski definition) is 1. The molecule has 0 aromatic heterocycles. The lowest BCUT2D eigenvalue weighted by molar-refractivity contribution is 0.402. The summed E-state index contributed by atoms with van der Waals surface area (Å²) in [5.41, 5.74) is 1.54. The molecule has 0 aliphatic heterocycles. The van der Waals surface area contributed by atoms with Crippen LogP contribution in [0.25, 0.3) is 0 Å². The topological polar surface area (TPSA) is 45.0 Å². The van der Waals surface area contributed by atoms with Gasteiger partial charge in [-0.25, -0.2) is 4.39 Å². The Balaban J connectivity index is 2.31. The average molecular weight is 305 g/mol. The number of halogens is 2. The molecule has 2 rings (SSSR count). The molecular formula is C16H14ClFN2O. The van der Waals surface area contributed by atoms with Gasteiger partial charge in [0.05, 0.1) is 41.1 Å². The van der Waals surface area contributed by atoms with Gasteiger partial charge in [-0.05, 0) is 37.3 Å². The molecule has 0 saturated heterocycles. The van der Waals surface area contributed by atoms with Crippen molar-refractivity contribution in [1.82, 2.24) is 0 Å². The summed E-state index contributed by atoms with van der Waals surface area (Å²) in [5.74, 6) is 0.124. The van der Waals surface area contributed by atoms with E-state index in [1.54, 1.807) is 30.3 Å². The molecule has 1 atom stereocenters. The fourth-order valence-corrected chi connectivity index (χ4v) is 2.36. The third kappa shape index (κ3) is 3.26. The first kappa shape index (κ1) is 15.1. The van der Waals surface area contributed by atoms with E-state index >= 15 is 0 Å². The first-order chi connectivity index (χ1) is 10.1. The molecule has 3 nitrogen and oxygen atoms in total. The number of nitriles is 1. The fraction of sp³-hybridized carbons (Fsp3) is 0.188. The summed E-state index contributed by atoms with van der Waals surface area (Å²) in [4.78, 5) is 0. The van der Waals surface area contributed by atoms with E-state index < -0.39 is 0 Å². The van der Waals surface area contributed by atoms with E-state index in [2.05, 4.69) is 5.32 Å². The lowest BCUT2D eigenvalue weighted by atomic mass is 10.1. The Morgan fingerprint density at radius 3 is 2.71 bits per heavy atom. The smallest absolute Gasteiger partial charge is 0.132 e. The van der Waals surface area contributed by atoms with Gasteiger partial charge < -0.3 is 10.1 Å². The van der Waals surface area contributed by atoms with Crippen LogP contribution in [0.5, 0.6) is 5.75 Å². The number of ether oxygens (including phenoxy) is 1. The van der Waals surface area contributed by atoms with Crippen LogP contribution >= 0.6 is 11.6 Å². The van der Waals surface area contributed by atoms with Crippen LogP contribution in [0.2, 0.25) is 5.02 Å². The molecule has 0 radical (unpaired) electrons. The van der Waals surface area contributed by atoms with Gasteiger partial charge >= 0.3 is 0 Å². The Hall–Kier alpha value is -2.25. The van der Waals surface area contributed by atoms with Crippen molar-refractivity contribution in [3.05, 3.63) is 58.4 Å². The van der Waals surface area contributed by atoms with Crippen LogP contribution < -0.4 is 10.1 Å². The molecule has 0 aliphatic carbocycles. The maximum absolute atomic E-state index is 14.0. The number of hydrogen-bond acceptors (Lipinski definition) is 3. The van der Waals surface area contributed by atoms with Crippen LogP contribution in [0.15, 0.2) is 36.4 Å². The highest BCUT2D eigenvalue weighted by molar-refractivity contribution is 6.33. The quantitative estimate of drug-likeness (QED) is 0.902. The van der Waals surface area contributed by atoms with E-state index in [4.69, 9.17) is 21.6 Å². The van der Waals surface area contributed by atoms with Gasteiger partial charge in [0.2, 0.25) is 0 Å². The van der Waals surface area contributed by atoms with Gasteiger partial charge in [0.25, 0.3) is 0 Å². The Morgan fingerprint density at radius 1 is 1.33 bits per heavy atom. The summed E-state index contributed by atoms with van der Waals surface area (Å²) in [5, 5.41) is 12.4. The molecule has 0 fully saturated rings. The Morgan fingerprint density at radius 2 is 2.10 bits per heavy atom. The standard InChI is InChI=1S/C16H14ClFN2O/c1-10(16-13(18)4-3-5-15(16)21-2)20-14-7-6-11(9-19)8-12(14)17/h3-8,10,20H,1-2H3. The van der Waals surface area contributed by atoms with E-state index in [1.807, 2.05) is 13.0 Å². The van der Waals surface area contributed by atoms with Gasteiger partial charge in [-0.2, -0.15) is 5.26 Å². The molecule has 5 heteroatoms. The molecular weight excluding hydrogens is 291 g/mol. The highest BCUT2D eigenvalue weighted by Gasteiger charge is 2.17. The Kier molecular flexibility index (Phi) is 4.66. The molecule has 1 N–H and O–H groups in total. The second kappa shape index (κ2) is 6.47. The summed E-state index contributed by atoms with van der Waals surface area (Å²) in [7, 11) is 1.50. The largest absolute Gasteiger partial charge is 0.496 e. The molecule has 2 aromatic rings. The lowest BCUT2D eigenvalue weighted by Gasteiger charge is -2.19. The van der Waals surface area contributed by atoms with Crippen LogP contribution in [0, 0.1) is 17.1 Å². The van der Waals surface area contributed by atoms with Gasteiger partial charge in [0.15, 0.2) is 0 Å². The number of benzene rings is 2. The Bertz CT molecular complexity index is 697. The minimum absolute atomic E-state index is 0.341. The predicted molar refractivity (Wildman–Crippen MR) is 81.2 cm³/mol. The molecule has 2 aromatic carbocycles. The van der Waals surface area contributed by atoms with Crippen molar-refractivity contribution in [2.75, 3.05) is 12.4 Å². The van der Waals surface area contributed by atoms with Crippen molar-refractivity contribution in [3.8, 4) is 11.8 Å². The van der Waals surface area contributed by atoms with Crippen molar-refractivity contribution in [1.29, 1.82) is 5.26 Å². The van der Waals surface area contributed by atoms with Crippen molar-refractivity contribution < 1.29 is 9.13 Å². The minimum Gasteiger partial charge on any atom is -0.496 e. The number of nitrogens with one attached hydrogen (secondary N) is 1. The second-order valence-electron chi connectivity index (χ2n) is 4.53. The molecule has 108 valence electrons. The van der Waals surface area contributed by atoms with Crippen molar-refractivity contribution in [2.45, 2.75) is 13.0 Å². The van der Waals surface area contributed by atoms with Gasteiger partial charge in [0, 0.05) is 0 Å². The molecule has 21 heavy (non-hydrogen) atoms. The van der Waals surface area contributed by atoms with Crippen LogP contribution in [-0.4, -0.2) is 7.11 Å². The zero-order valence-corrected chi connectivity index (χ0v) is 12.4. The molecule has 0 bridgehead atoms. The average Bonchev–Trinajstić information content (AvgIpc) is 2.48. The van der Waals surface area contributed by atoms with Crippen LogP contribution in [0.1, 0.15) is 24.1 Å². The third-order valence-corrected chi connectivity index (χ3v) is 3.45. The highest BCUT2D eigenvalue weighted by Crippen LogP contribution is 2.32. The number of methoxy groups -OCH3 is 1. The van der Waals surface area contributed by atoms with E-state index in [0.717, 1.165) is 0 Å². The molecule has 0 aliphatic rings. The predicted octanol–water partition coefficient (Wildman–Crippen LogP) is 4.53. The Labute approximate surface area is 127 Å². The van der Waals surface area contributed by atoms with Crippen molar-refractivity contribution >= 4 is 17.3 Å². The van der Waals surface area contributed by atoms with E-state index in [9.17, 15) is 4.39 Å². The maximum atomic E-state index is 14.0. The number of anilines is 1. The SMILES string of the molecule is COc1cccc(F)c1C(C)Nc1ccc(C#N)cc1Cl. The monoisotopic (exact) mass is 304 g/mol. The van der Waals surface area contributed by atoms with Gasteiger partial charge in [-0.15, -0.1) is 0 Å². The molecule has 0 spiro atoms. The van der Waals surface area contributed by atoms with E-state index in [-0.39, 0.29) is 11.9 Å². The highest BCUT2D eigenvalue weighted by atomic mass is 35.5. The molecule has 0 amide bonds. The number of nitrogens with zero attached hydrogens (tertiary/aromatic N) is 1. The zero-order chi connectivity index (χ0) is 15.4. The minimum atomic E-state index is -0.348. The third-order valence-electron chi connectivity index (χ3n) is 3.14. The van der Waals surface area contributed by atoms with Gasteiger partial charge in [0.1, 0.15) is 11.6 Å². The zero-order valence-electron chi connectivity index (χ0n) is 11.7. The fourth-order valence-electron chi connectivity index (χ4n) is 2.12.